The molecule has 0 spiro atoms. The molecule has 106 valence electrons. The van der Waals surface area contributed by atoms with Gasteiger partial charge >= 0.3 is 12.2 Å². The molecule has 0 saturated heterocycles. The molecule has 2 unspecified atom stereocenters. The predicted molar refractivity (Wildman–Crippen MR) is 66.6 cm³/mol. The summed E-state index contributed by atoms with van der Waals surface area (Å²) in [6.45, 7) is 8.49. The Morgan fingerprint density at radius 2 is 1.78 bits per heavy atom. The lowest BCUT2D eigenvalue weighted by Crippen LogP contribution is -2.37. The Labute approximate surface area is 112 Å². The Bertz CT molecular complexity index is 288. The summed E-state index contributed by atoms with van der Waals surface area (Å²) in [5.74, 6) is 0. The van der Waals surface area contributed by atoms with Gasteiger partial charge < -0.3 is 19.5 Å². The maximum absolute atomic E-state index is 11.3. The molecule has 0 rings (SSSR count). The minimum atomic E-state index is -0.879. The van der Waals surface area contributed by atoms with Crippen LogP contribution in [0.25, 0.3) is 0 Å². The smallest absolute Gasteiger partial charge is 0.444 e. The quantitative estimate of drug-likeness (QED) is 0.633. The highest BCUT2D eigenvalue weighted by Crippen LogP contribution is 2.06. The molecule has 0 saturated carbocycles. The molecule has 0 heterocycles. The van der Waals surface area contributed by atoms with Crippen molar-refractivity contribution in [2.45, 2.75) is 51.9 Å². The van der Waals surface area contributed by atoms with Crippen LogP contribution >= 0.6 is 11.6 Å². The molecule has 0 radical (unpaired) electrons. The second-order valence-corrected chi connectivity index (χ2v) is 5.34. The molecule has 1 amide bonds. The minimum Gasteiger partial charge on any atom is -0.444 e. The monoisotopic (exact) mass is 281 g/mol. The van der Waals surface area contributed by atoms with Gasteiger partial charge in [-0.3, -0.25) is 0 Å². The molecular formula is C11H20ClNO5. The minimum absolute atomic E-state index is 0.126. The first-order valence-electron chi connectivity index (χ1n) is 5.58. The fourth-order valence-corrected chi connectivity index (χ4v) is 0.980. The van der Waals surface area contributed by atoms with Crippen molar-refractivity contribution in [1.29, 1.82) is 0 Å². The summed E-state index contributed by atoms with van der Waals surface area (Å²) >= 11 is 5.44. The van der Waals surface area contributed by atoms with E-state index in [4.69, 9.17) is 21.1 Å². The van der Waals surface area contributed by atoms with Crippen LogP contribution in [0.5, 0.6) is 0 Å². The molecular weight excluding hydrogens is 262 g/mol. The van der Waals surface area contributed by atoms with E-state index in [1.54, 1.807) is 27.7 Å². The molecule has 7 heteroatoms. The van der Waals surface area contributed by atoms with Crippen LogP contribution in [0, 0.1) is 0 Å². The number of nitrogens with one attached hydrogen (secondary N) is 1. The van der Waals surface area contributed by atoms with Crippen LogP contribution in [0.4, 0.5) is 9.59 Å². The first-order valence-corrected chi connectivity index (χ1v) is 6.02. The second-order valence-electron chi connectivity index (χ2n) is 4.72. The van der Waals surface area contributed by atoms with E-state index in [-0.39, 0.29) is 6.54 Å². The third-order valence-electron chi connectivity index (χ3n) is 1.49. The lowest BCUT2D eigenvalue weighted by Gasteiger charge is -2.20. The zero-order valence-electron chi connectivity index (χ0n) is 11.3. The molecule has 6 nitrogen and oxygen atoms in total. The van der Waals surface area contributed by atoms with Gasteiger partial charge in [0.25, 0.3) is 0 Å². The highest BCUT2D eigenvalue weighted by molar-refractivity contribution is 6.19. The van der Waals surface area contributed by atoms with Gasteiger partial charge in [-0.1, -0.05) is 11.6 Å². The second kappa shape index (κ2) is 7.31. The van der Waals surface area contributed by atoms with Crippen molar-refractivity contribution in [3.05, 3.63) is 0 Å². The molecule has 0 aliphatic carbocycles. The van der Waals surface area contributed by atoms with Crippen LogP contribution in [0.3, 0.4) is 0 Å². The van der Waals surface area contributed by atoms with E-state index < -0.39 is 29.5 Å². The van der Waals surface area contributed by atoms with Crippen molar-refractivity contribution < 1.29 is 23.8 Å². The van der Waals surface area contributed by atoms with Gasteiger partial charge in [-0.25, -0.2) is 9.59 Å². The first kappa shape index (κ1) is 16.8. The highest BCUT2D eigenvalue weighted by atomic mass is 35.5. The summed E-state index contributed by atoms with van der Waals surface area (Å²) in [4.78, 5) is 22.4. The van der Waals surface area contributed by atoms with Crippen molar-refractivity contribution in [3.8, 4) is 0 Å². The number of carbonyl (C=O) groups excluding carboxylic acids is 2. The third-order valence-corrected chi connectivity index (χ3v) is 1.58. The Hall–Kier alpha value is -1.17. The van der Waals surface area contributed by atoms with E-state index in [1.807, 2.05) is 0 Å². The fraction of sp³-hybridized carbons (Fsp3) is 0.818. The number of alkyl halides is 1. The fourth-order valence-electron chi connectivity index (χ4n) is 0.908. The Morgan fingerprint density at radius 3 is 2.22 bits per heavy atom. The van der Waals surface area contributed by atoms with Gasteiger partial charge in [0, 0.05) is 0 Å². The molecule has 0 aromatic carbocycles. The van der Waals surface area contributed by atoms with Crippen molar-refractivity contribution >= 4 is 23.8 Å². The van der Waals surface area contributed by atoms with Crippen molar-refractivity contribution in [1.82, 2.24) is 5.32 Å². The van der Waals surface area contributed by atoms with E-state index in [2.05, 4.69) is 10.1 Å². The number of ether oxygens (including phenoxy) is 3. The number of carbonyl (C=O) groups is 2. The lowest BCUT2D eigenvalue weighted by atomic mass is 10.2. The molecule has 2 atom stereocenters. The number of hydrogen-bond acceptors (Lipinski definition) is 5. The lowest BCUT2D eigenvalue weighted by molar-refractivity contribution is 0.0200. The largest absolute Gasteiger partial charge is 0.510 e. The molecule has 0 aromatic rings. The average molecular weight is 282 g/mol. The normalized spacial score (nSPS) is 14.3. The third kappa shape index (κ3) is 10.0. The van der Waals surface area contributed by atoms with E-state index in [9.17, 15) is 9.59 Å². The number of halogens is 1. The van der Waals surface area contributed by atoms with E-state index in [1.165, 1.54) is 6.92 Å². The summed E-state index contributed by atoms with van der Waals surface area (Å²) < 4.78 is 14.4. The molecule has 0 aliphatic rings. The average Bonchev–Trinajstić information content (AvgIpc) is 2.10. The van der Waals surface area contributed by atoms with E-state index in [0.717, 1.165) is 0 Å². The first-order chi connectivity index (χ1) is 8.10. The van der Waals surface area contributed by atoms with Gasteiger partial charge in [-0.15, -0.1) is 0 Å². The SMILES string of the molecule is CC(Cl)OC(=O)OC(C)CNC(=O)OC(C)(C)C. The van der Waals surface area contributed by atoms with Crippen LogP contribution in [0.15, 0.2) is 0 Å². The molecule has 0 aromatic heterocycles. The van der Waals surface area contributed by atoms with E-state index >= 15 is 0 Å². The maximum atomic E-state index is 11.3. The van der Waals surface area contributed by atoms with E-state index in [0.29, 0.717) is 0 Å². The number of amides is 1. The zero-order valence-corrected chi connectivity index (χ0v) is 12.0. The van der Waals surface area contributed by atoms with Crippen LogP contribution in [0.1, 0.15) is 34.6 Å². The topological polar surface area (TPSA) is 73.9 Å². The molecule has 1 N–H and O–H groups in total. The van der Waals surface area contributed by atoms with Crippen molar-refractivity contribution in [3.63, 3.8) is 0 Å². The molecule has 0 bridgehead atoms. The Kier molecular flexibility index (Phi) is 6.83. The van der Waals surface area contributed by atoms with Crippen molar-refractivity contribution in [2.75, 3.05) is 6.54 Å². The Balaban J connectivity index is 3.86. The maximum Gasteiger partial charge on any atom is 0.510 e. The van der Waals surface area contributed by atoms with Crippen LogP contribution in [-0.4, -0.2) is 36.1 Å². The summed E-state index contributed by atoms with van der Waals surface area (Å²) in [6, 6.07) is 0. The summed E-state index contributed by atoms with van der Waals surface area (Å²) in [5.41, 5.74) is -1.33. The summed E-state index contributed by atoms with van der Waals surface area (Å²) in [5, 5.41) is 2.47. The standard InChI is InChI=1S/C11H20ClNO5/c1-7(16-10(15)17-8(2)12)6-13-9(14)18-11(3,4)5/h7-8H,6H2,1-5H3,(H,13,14). The van der Waals surface area contributed by atoms with Gasteiger partial charge in [0.1, 0.15) is 11.7 Å². The number of rotatable bonds is 4. The Morgan fingerprint density at radius 1 is 1.22 bits per heavy atom. The van der Waals surface area contributed by atoms with Crippen LogP contribution < -0.4 is 5.32 Å². The van der Waals surface area contributed by atoms with Gasteiger partial charge in [0.2, 0.25) is 0 Å². The van der Waals surface area contributed by atoms with Gasteiger partial charge in [-0.05, 0) is 34.6 Å². The number of alkyl carbamates (subject to hydrolysis) is 1. The molecule has 18 heavy (non-hydrogen) atoms. The van der Waals surface area contributed by atoms with Gasteiger partial charge in [0.15, 0.2) is 5.56 Å². The summed E-state index contributed by atoms with van der Waals surface area (Å²) in [7, 11) is 0. The number of hydrogen-bond donors (Lipinski definition) is 1. The molecule has 0 aliphatic heterocycles. The van der Waals surface area contributed by atoms with Crippen molar-refractivity contribution in [2.24, 2.45) is 0 Å². The van der Waals surface area contributed by atoms with Gasteiger partial charge in [-0.2, -0.15) is 0 Å². The highest BCUT2D eigenvalue weighted by Gasteiger charge is 2.18. The van der Waals surface area contributed by atoms with Gasteiger partial charge in [0.05, 0.1) is 6.54 Å². The molecule has 0 fully saturated rings. The predicted octanol–water partition coefficient (Wildman–Crippen LogP) is 2.64. The summed E-state index contributed by atoms with van der Waals surface area (Å²) in [6.07, 6.45) is -1.99. The zero-order chi connectivity index (χ0) is 14.3. The van der Waals surface area contributed by atoms with Crippen LogP contribution in [-0.2, 0) is 14.2 Å². The van der Waals surface area contributed by atoms with Crippen LogP contribution in [0.2, 0.25) is 0 Å².